The van der Waals surface area contributed by atoms with Gasteiger partial charge < -0.3 is 14.7 Å². The first-order chi connectivity index (χ1) is 18.9. The van der Waals surface area contributed by atoms with E-state index in [0.717, 1.165) is 73.9 Å². The molecule has 0 aliphatic carbocycles. The quantitative estimate of drug-likeness (QED) is 0.493. The van der Waals surface area contributed by atoms with Crippen LogP contribution in [0.5, 0.6) is 0 Å². The number of rotatable bonds is 1. The molecule has 0 spiro atoms. The highest BCUT2D eigenvalue weighted by atomic mass is 35.5. The molecular formula is C28H34ClN9O. The third-order valence-corrected chi connectivity index (χ3v) is 8.69. The van der Waals surface area contributed by atoms with Crippen molar-refractivity contribution in [3.63, 3.8) is 0 Å². The van der Waals surface area contributed by atoms with Crippen LogP contribution in [0.15, 0.2) is 42.2 Å². The Balaban J connectivity index is 1.37. The SMILES string of the molecule is CN1NN2C=C1CCN(C)c1cc(N3CCC3)nc3cc(nn13)C1CCCCN1C(=O)c1cc(Cl)ccc1C2. The minimum atomic E-state index is -0.110. The van der Waals surface area contributed by atoms with Crippen LogP contribution in [-0.2, 0) is 6.54 Å². The smallest absolute Gasteiger partial charge is 0.254 e. The highest BCUT2D eigenvalue weighted by Gasteiger charge is 2.33. The van der Waals surface area contributed by atoms with Gasteiger partial charge in [0, 0.05) is 81.3 Å². The number of hydrazine groups is 2. The van der Waals surface area contributed by atoms with E-state index in [1.54, 1.807) is 0 Å². The van der Waals surface area contributed by atoms with E-state index in [-0.39, 0.29) is 11.9 Å². The first kappa shape index (κ1) is 24.5. The molecule has 0 radical (unpaired) electrons. The standard InChI is InChI=1S/C28H34ClN9O/c1-33-13-9-21-18-36(32-34(21)2)17-19-7-8-20(29)14-22(19)28(39)37-12-4-3-6-24(37)23-15-26-30-25(35-10-5-11-35)16-27(33)38(26)31-23/h7-8,14-16,18,24,32H,3-6,9-13,17H2,1-2H3. The number of carbonyl (C=O) groups is 1. The molecule has 6 heterocycles. The van der Waals surface area contributed by atoms with Gasteiger partial charge in [0.15, 0.2) is 5.65 Å². The van der Waals surface area contributed by atoms with Crippen LogP contribution in [0.1, 0.15) is 59.8 Å². The molecule has 204 valence electrons. The third-order valence-electron chi connectivity index (χ3n) is 8.45. The summed E-state index contributed by atoms with van der Waals surface area (Å²) in [5.74, 6) is 2.01. The molecule has 4 aliphatic rings. The molecule has 39 heavy (non-hydrogen) atoms. The van der Waals surface area contributed by atoms with Crippen molar-refractivity contribution in [1.29, 1.82) is 0 Å². The number of amides is 1. The molecule has 2 fully saturated rings. The second kappa shape index (κ2) is 9.60. The van der Waals surface area contributed by atoms with Crippen molar-refractivity contribution < 1.29 is 4.79 Å². The zero-order chi connectivity index (χ0) is 26.7. The molecule has 4 bridgehead atoms. The van der Waals surface area contributed by atoms with Gasteiger partial charge in [-0.15, -0.1) is 5.53 Å². The van der Waals surface area contributed by atoms with Gasteiger partial charge >= 0.3 is 0 Å². The normalized spacial score (nSPS) is 21.8. The van der Waals surface area contributed by atoms with Crippen LogP contribution in [0.2, 0.25) is 5.02 Å². The van der Waals surface area contributed by atoms with Crippen molar-refractivity contribution in [2.75, 3.05) is 50.1 Å². The number of nitrogens with one attached hydrogen (secondary N) is 1. The molecular weight excluding hydrogens is 514 g/mol. The van der Waals surface area contributed by atoms with Gasteiger partial charge in [0.25, 0.3) is 5.91 Å². The third kappa shape index (κ3) is 4.35. The summed E-state index contributed by atoms with van der Waals surface area (Å²) in [6.07, 6.45) is 7.07. The van der Waals surface area contributed by atoms with E-state index >= 15 is 0 Å². The van der Waals surface area contributed by atoms with Gasteiger partial charge in [-0.1, -0.05) is 17.7 Å². The van der Waals surface area contributed by atoms with E-state index in [0.29, 0.717) is 23.7 Å². The van der Waals surface area contributed by atoms with E-state index in [9.17, 15) is 4.79 Å². The number of benzene rings is 1. The Morgan fingerprint density at radius 2 is 1.90 bits per heavy atom. The Morgan fingerprint density at radius 1 is 1.03 bits per heavy atom. The fraction of sp³-hybridized carbons (Fsp3) is 0.464. The van der Waals surface area contributed by atoms with E-state index in [4.69, 9.17) is 21.7 Å². The lowest BCUT2D eigenvalue weighted by atomic mass is 9.97. The van der Waals surface area contributed by atoms with Crippen molar-refractivity contribution in [3.8, 4) is 0 Å². The van der Waals surface area contributed by atoms with Crippen LogP contribution in [0.25, 0.3) is 5.65 Å². The number of aromatic nitrogens is 3. The fourth-order valence-corrected chi connectivity index (χ4v) is 6.25. The fourth-order valence-electron chi connectivity index (χ4n) is 6.07. The topological polar surface area (TPSA) is 75.5 Å². The molecule has 1 unspecified atom stereocenters. The van der Waals surface area contributed by atoms with Crippen molar-refractivity contribution >= 4 is 34.8 Å². The molecule has 2 saturated heterocycles. The van der Waals surface area contributed by atoms with Gasteiger partial charge in [-0.25, -0.2) is 4.98 Å². The molecule has 11 heteroatoms. The molecule has 4 aliphatic heterocycles. The summed E-state index contributed by atoms with van der Waals surface area (Å²) in [5.41, 5.74) is 7.89. The molecule has 1 N–H and O–H groups in total. The van der Waals surface area contributed by atoms with E-state index in [1.165, 1.54) is 12.1 Å². The predicted molar refractivity (Wildman–Crippen MR) is 151 cm³/mol. The van der Waals surface area contributed by atoms with Crippen LogP contribution in [0.4, 0.5) is 11.6 Å². The number of anilines is 2. The highest BCUT2D eigenvalue weighted by molar-refractivity contribution is 6.31. The molecule has 7 rings (SSSR count). The number of carbonyl (C=O) groups excluding carboxylic acids is 1. The summed E-state index contributed by atoms with van der Waals surface area (Å²) in [5, 5.41) is 9.75. The second-order valence-electron chi connectivity index (χ2n) is 11.0. The number of hydrogen-bond acceptors (Lipinski definition) is 8. The van der Waals surface area contributed by atoms with Crippen LogP contribution in [0.3, 0.4) is 0 Å². The Labute approximate surface area is 233 Å². The van der Waals surface area contributed by atoms with Crippen molar-refractivity contribution in [3.05, 3.63) is 64.1 Å². The van der Waals surface area contributed by atoms with Crippen LogP contribution in [0, 0.1) is 0 Å². The van der Waals surface area contributed by atoms with Gasteiger partial charge in [0.05, 0.1) is 18.3 Å². The van der Waals surface area contributed by atoms with Gasteiger partial charge in [-0.2, -0.15) is 9.61 Å². The Kier molecular flexibility index (Phi) is 6.04. The maximum absolute atomic E-state index is 14.2. The summed E-state index contributed by atoms with van der Waals surface area (Å²) in [7, 11) is 4.15. The average molecular weight is 548 g/mol. The minimum absolute atomic E-state index is 0.00433. The molecule has 1 amide bonds. The lowest BCUT2D eigenvalue weighted by Gasteiger charge is -2.35. The Hall–Kier alpha value is -3.50. The number of halogens is 1. The maximum Gasteiger partial charge on any atom is 0.254 e. The summed E-state index contributed by atoms with van der Waals surface area (Å²) < 4.78 is 1.96. The number of hydrogen-bond donors (Lipinski definition) is 1. The number of nitrogens with zero attached hydrogens (tertiary/aromatic N) is 8. The average Bonchev–Trinajstić information content (AvgIpc) is 3.48. The van der Waals surface area contributed by atoms with Crippen molar-refractivity contribution in [2.24, 2.45) is 0 Å². The lowest BCUT2D eigenvalue weighted by Crippen LogP contribution is -2.40. The molecule has 3 aromatic rings. The van der Waals surface area contributed by atoms with Gasteiger partial charge in [-0.3, -0.25) is 14.8 Å². The summed E-state index contributed by atoms with van der Waals surface area (Å²) in [6.45, 7) is 4.12. The molecule has 0 saturated carbocycles. The van der Waals surface area contributed by atoms with Crippen LogP contribution >= 0.6 is 11.6 Å². The zero-order valence-electron chi connectivity index (χ0n) is 22.5. The van der Waals surface area contributed by atoms with E-state index < -0.39 is 0 Å². The van der Waals surface area contributed by atoms with Gasteiger partial charge in [0.1, 0.15) is 11.6 Å². The first-order valence-electron chi connectivity index (χ1n) is 13.9. The van der Waals surface area contributed by atoms with Crippen LogP contribution < -0.4 is 15.3 Å². The first-order valence-corrected chi connectivity index (χ1v) is 14.3. The number of piperidine rings is 1. The maximum atomic E-state index is 14.2. The summed E-state index contributed by atoms with van der Waals surface area (Å²) >= 11 is 6.44. The summed E-state index contributed by atoms with van der Waals surface area (Å²) in [4.78, 5) is 25.8. The molecule has 2 aromatic heterocycles. The van der Waals surface area contributed by atoms with E-state index in [2.05, 4.69) is 40.7 Å². The minimum Gasteiger partial charge on any atom is -0.359 e. The van der Waals surface area contributed by atoms with Gasteiger partial charge in [-0.05, 0) is 43.4 Å². The second-order valence-corrected chi connectivity index (χ2v) is 11.5. The molecule has 10 nitrogen and oxygen atoms in total. The van der Waals surface area contributed by atoms with Crippen LogP contribution in [-0.4, -0.2) is 75.7 Å². The zero-order valence-corrected chi connectivity index (χ0v) is 23.2. The Bertz CT molecular complexity index is 1460. The Morgan fingerprint density at radius 3 is 2.72 bits per heavy atom. The molecule has 1 atom stereocenters. The van der Waals surface area contributed by atoms with E-state index in [1.807, 2.05) is 44.7 Å². The predicted octanol–water partition coefficient (Wildman–Crippen LogP) is 3.81. The summed E-state index contributed by atoms with van der Waals surface area (Å²) in [6, 6.07) is 9.78. The van der Waals surface area contributed by atoms with Gasteiger partial charge in [0.2, 0.25) is 0 Å². The van der Waals surface area contributed by atoms with Crippen molar-refractivity contribution in [2.45, 2.75) is 44.7 Å². The lowest BCUT2D eigenvalue weighted by molar-refractivity contribution is 0.0602. The molecule has 1 aromatic carbocycles. The number of fused-ring (bicyclic) bond motifs is 5. The van der Waals surface area contributed by atoms with Crippen molar-refractivity contribution in [1.82, 2.24) is 35.1 Å². The monoisotopic (exact) mass is 547 g/mol. The largest absolute Gasteiger partial charge is 0.359 e. The highest BCUT2D eigenvalue weighted by Crippen LogP contribution is 2.35.